The molecule has 0 aliphatic heterocycles. The van der Waals surface area contributed by atoms with Crippen molar-refractivity contribution in [2.75, 3.05) is 6.54 Å². The van der Waals surface area contributed by atoms with Gasteiger partial charge in [-0.2, -0.15) is 0 Å². The maximum absolute atomic E-state index is 5.76. The Balaban J connectivity index is 2.55. The average Bonchev–Trinajstić information content (AvgIpc) is 2.14. The Hall–Kier alpha value is -0.300. The molecule has 2 unspecified atom stereocenters. The van der Waals surface area contributed by atoms with Gasteiger partial charge in [-0.15, -0.1) is 0 Å². The van der Waals surface area contributed by atoms with Crippen LogP contribution in [0.4, 0.5) is 0 Å². The smallest absolute Gasteiger partial charge is 0.0139 e. The highest BCUT2D eigenvalue weighted by Crippen LogP contribution is 2.30. The molecular weight excluding hydrogens is 170 g/mol. The van der Waals surface area contributed by atoms with Crippen LogP contribution in [-0.2, 0) is 0 Å². The van der Waals surface area contributed by atoms with Gasteiger partial charge >= 0.3 is 0 Å². The van der Waals surface area contributed by atoms with Gasteiger partial charge in [0.05, 0.1) is 0 Å². The molecule has 1 heteroatoms. The lowest BCUT2D eigenvalue weighted by molar-refractivity contribution is 0.323. The van der Waals surface area contributed by atoms with Crippen molar-refractivity contribution in [2.24, 2.45) is 23.5 Å². The van der Waals surface area contributed by atoms with E-state index in [9.17, 15) is 0 Å². The van der Waals surface area contributed by atoms with Gasteiger partial charge in [0.2, 0.25) is 0 Å². The van der Waals surface area contributed by atoms with Crippen molar-refractivity contribution >= 4 is 0 Å². The molecule has 0 amide bonds. The lowest BCUT2D eigenvalue weighted by atomic mass is 9.81. The fraction of sp³-hybridized carbons (Fsp3) is 0.846. The molecule has 0 aromatic carbocycles. The molecule has 14 heavy (non-hydrogen) atoms. The summed E-state index contributed by atoms with van der Waals surface area (Å²) < 4.78 is 0. The van der Waals surface area contributed by atoms with Crippen LogP contribution in [0.3, 0.4) is 0 Å². The molecule has 0 aromatic heterocycles. The van der Waals surface area contributed by atoms with Crippen molar-refractivity contribution < 1.29 is 0 Å². The van der Waals surface area contributed by atoms with Gasteiger partial charge in [-0.1, -0.05) is 45.3 Å². The molecule has 1 saturated carbocycles. The molecule has 82 valence electrons. The van der Waals surface area contributed by atoms with E-state index < -0.39 is 0 Å². The first-order valence-electron chi connectivity index (χ1n) is 6.04. The first-order valence-corrected chi connectivity index (χ1v) is 6.04. The zero-order valence-electron chi connectivity index (χ0n) is 9.92. The van der Waals surface area contributed by atoms with E-state index >= 15 is 0 Å². The van der Waals surface area contributed by atoms with Crippen LogP contribution in [0.2, 0.25) is 0 Å². The van der Waals surface area contributed by atoms with Crippen LogP contribution in [0, 0.1) is 17.8 Å². The summed E-state index contributed by atoms with van der Waals surface area (Å²) in [5, 5.41) is 0. The second kappa shape index (κ2) is 5.55. The highest BCUT2D eigenvalue weighted by molar-refractivity contribution is 5.09. The summed E-state index contributed by atoms with van der Waals surface area (Å²) in [4.78, 5) is 0. The van der Waals surface area contributed by atoms with Crippen molar-refractivity contribution in [3.05, 3.63) is 11.6 Å². The van der Waals surface area contributed by atoms with Crippen LogP contribution >= 0.6 is 0 Å². The van der Waals surface area contributed by atoms with Crippen LogP contribution in [0.25, 0.3) is 0 Å². The number of hydrogen-bond acceptors (Lipinski definition) is 1. The van der Waals surface area contributed by atoms with E-state index in [1.165, 1.54) is 31.3 Å². The Kier molecular flexibility index (Phi) is 4.67. The van der Waals surface area contributed by atoms with Crippen LogP contribution in [0.15, 0.2) is 11.6 Å². The van der Waals surface area contributed by atoms with E-state index in [2.05, 4.69) is 26.8 Å². The number of allylic oxidation sites excluding steroid dienone is 1. The van der Waals surface area contributed by atoms with Crippen LogP contribution in [-0.4, -0.2) is 6.54 Å². The summed E-state index contributed by atoms with van der Waals surface area (Å²) in [6.45, 7) is 7.59. The molecule has 1 nitrogen and oxygen atoms in total. The fourth-order valence-electron chi connectivity index (χ4n) is 2.43. The van der Waals surface area contributed by atoms with Crippen LogP contribution in [0.1, 0.15) is 46.5 Å². The minimum Gasteiger partial charge on any atom is -0.327 e. The van der Waals surface area contributed by atoms with E-state index in [4.69, 9.17) is 5.73 Å². The van der Waals surface area contributed by atoms with Crippen LogP contribution in [0.5, 0.6) is 0 Å². The number of hydrogen-bond donors (Lipinski definition) is 1. The quantitative estimate of drug-likeness (QED) is 0.687. The topological polar surface area (TPSA) is 26.0 Å². The number of nitrogens with two attached hydrogens (primary N) is 1. The Bertz CT molecular complexity index is 193. The molecule has 0 heterocycles. The molecule has 0 bridgehead atoms. The maximum Gasteiger partial charge on any atom is 0.0139 e. The Morgan fingerprint density at radius 3 is 2.64 bits per heavy atom. The zero-order chi connectivity index (χ0) is 10.6. The summed E-state index contributed by atoms with van der Waals surface area (Å²) in [5.41, 5.74) is 7.21. The van der Waals surface area contributed by atoms with E-state index in [0.717, 1.165) is 18.4 Å². The summed E-state index contributed by atoms with van der Waals surface area (Å²) in [7, 11) is 0. The molecule has 2 atom stereocenters. The van der Waals surface area contributed by atoms with Gasteiger partial charge in [-0.25, -0.2) is 0 Å². The zero-order valence-corrected chi connectivity index (χ0v) is 9.92. The van der Waals surface area contributed by atoms with Crippen molar-refractivity contribution in [2.45, 2.75) is 46.5 Å². The molecule has 0 radical (unpaired) electrons. The Morgan fingerprint density at radius 1 is 1.43 bits per heavy atom. The van der Waals surface area contributed by atoms with Gasteiger partial charge < -0.3 is 5.73 Å². The highest BCUT2D eigenvalue weighted by atomic mass is 14.5. The monoisotopic (exact) mass is 195 g/mol. The predicted octanol–water partition coefficient (Wildman–Crippen LogP) is 3.35. The van der Waals surface area contributed by atoms with E-state index in [1.807, 2.05) is 0 Å². The highest BCUT2D eigenvalue weighted by Gasteiger charge is 2.17. The van der Waals surface area contributed by atoms with Crippen molar-refractivity contribution in [1.82, 2.24) is 0 Å². The summed E-state index contributed by atoms with van der Waals surface area (Å²) >= 11 is 0. The molecule has 0 spiro atoms. The molecule has 1 fully saturated rings. The summed E-state index contributed by atoms with van der Waals surface area (Å²) in [6, 6.07) is 0. The van der Waals surface area contributed by atoms with Gasteiger partial charge in [0.1, 0.15) is 0 Å². The molecule has 0 saturated heterocycles. The number of rotatable bonds is 3. The van der Waals surface area contributed by atoms with Gasteiger partial charge in [0.15, 0.2) is 0 Å². The molecule has 2 N–H and O–H groups in total. The first-order chi connectivity index (χ1) is 6.63. The standard InChI is InChI=1S/C13H25N/c1-10(2)13(9-14)8-12-6-4-5-11(3)7-12/h8,10-12H,4-7,9,14H2,1-3H3/b13-8-. The van der Waals surface area contributed by atoms with E-state index in [1.54, 1.807) is 0 Å². The molecule has 1 rings (SSSR count). The lowest BCUT2D eigenvalue weighted by Gasteiger charge is -2.25. The Labute approximate surface area is 88.8 Å². The normalized spacial score (nSPS) is 29.6. The van der Waals surface area contributed by atoms with E-state index in [0.29, 0.717) is 5.92 Å². The largest absolute Gasteiger partial charge is 0.327 e. The molecule has 1 aliphatic rings. The minimum absolute atomic E-state index is 0.622. The second-order valence-corrected chi connectivity index (χ2v) is 5.13. The molecule has 0 aromatic rings. The van der Waals surface area contributed by atoms with Crippen molar-refractivity contribution in [3.8, 4) is 0 Å². The average molecular weight is 195 g/mol. The minimum atomic E-state index is 0.622. The lowest BCUT2D eigenvalue weighted by Crippen LogP contribution is -2.15. The SMILES string of the molecule is CC1CCCC(/C=C(/CN)C(C)C)C1. The van der Waals surface area contributed by atoms with Gasteiger partial charge in [0.25, 0.3) is 0 Å². The first kappa shape index (κ1) is 11.8. The van der Waals surface area contributed by atoms with Gasteiger partial charge in [0, 0.05) is 6.54 Å². The Morgan fingerprint density at radius 2 is 2.14 bits per heavy atom. The van der Waals surface area contributed by atoms with Crippen LogP contribution < -0.4 is 5.73 Å². The molecular formula is C13H25N. The fourth-order valence-corrected chi connectivity index (χ4v) is 2.43. The predicted molar refractivity (Wildman–Crippen MR) is 63.1 cm³/mol. The third-order valence-electron chi connectivity index (χ3n) is 3.40. The van der Waals surface area contributed by atoms with E-state index in [-0.39, 0.29) is 0 Å². The van der Waals surface area contributed by atoms with Gasteiger partial charge in [-0.05, 0) is 30.6 Å². The van der Waals surface area contributed by atoms with Crippen molar-refractivity contribution in [1.29, 1.82) is 0 Å². The third kappa shape index (κ3) is 3.45. The van der Waals surface area contributed by atoms with Crippen molar-refractivity contribution in [3.63, 3.8) is 0 Å². The van der Waals surface area contributed by atoms with Gasteiger partial charge in [-0.3, -0.25) is 0 Å². The summed E-state index contributed by atoms with van der Waals surface area (Å²) in [5.74, 6) is 2.34. The maximum atomic E-state index is 5.76. The molecule has 1 aliphatic carbocycles. The summed E-state index contributed by atoms with van der Waals surface area (Å²) in [6.07, 6.45) is 8.03. The second-order valence-electron chi connectivity index (χ2n) is 5.13. The third-order valence-corrected chi connectivity index (χ3v) is 3.40.